The van der Waals surface area contributed by atoms with Crippen molar-refractivity contribution in [1.29, 1.82) is 0 Å². The zero-order valence-electron chi connectivity index (χ0n) is 15.0. The van der Waals surface area contributed by atoms with Gasteiger partial charge in [0, 0.05) is 0 Å². The summed E-state index contributed by atoms with van der Waals surface area (Å²) in [6, 6.07) is 6.42. The lowest BCUT2D eigenvalue weighted by atomic mass is 9.81. The molecule has 2 aliphatic rings. The van der Waals surface area contributed by atoms with Crippen LogP contribution in [0.25, 0.3) is 0 Å². The van der Waals surface area contributed by atoms with E-state index in [1.807, 2.05) is 12.1 Å². The molecular formula is C20H25NO4. The standard InChI is InChI=1S/C20H25NO4/c1-12(2)14-8-10-15(11-9-14)25-20(24)13(3)21-18(22)16-6-4-5-7-17(16)19(21)23/h8-13,16-17H,4-7H2,1-3H3. The zero-order chi connectivity index (χ0) is 18.1. The Morgan fingerprint density at radius 1 is 1.00 bits per heavy atom. The van der Waals surface area contributed by atoms with Gasteiger partial charge in [-0.25, -0.2) is 4.79 Å². The molecule has 3 unspecified atom stereocenters. The number of ether oxygens (including phenoxy) is 1. The van der Waals surface area contributed by atoms with E-state index in [0.717, 1.165) is 36.1 Å². The fourth-order valence-corrected chi connectivity index (χ4v) is 3.80. The first-order valence-corrected chi connectivity index (χ1v) is 9.08. The van der Waals surface area contributed by atoms with E-state index in [9.17, 15) is 14.4 Å². The molecule has 0 N–H and O–H groups in total. The van der Waals surface area contributed by atoms with Gasteiger partial charge < -0.3 is 4.74 Å². The Kier molecular flexibility index (Phi) is 4.93. The Hall–Kier alpha value is -2.17. The van der Waals surface area contributed by atoms with Crippen LogP contribution in [0.1, 0.15) is 57.9 Å². The van der Waals surface area contributed by atoms with Gasteiger partial charge in [0.25, 0.3) is 0 Å². The molecule has 1 aromatic carbocycles. The molecular weight excluding hydrogens is 318 g/mol. The predicted octanol–water partition coefficient (Wildman–Crippen LogP) is 3.28. The molecule has 5 nitrogen and oxygen atoms in total. The number of nitrogens with zero attached hydrogens (tertiary/aromatic N) is 1. The van der Waals surface area contributed by atoms with Crippen molar-refractivity contribution in [1.82, 2.24) is 4.90 Å². The summed E-state index contributed by atoms with van der Waals surface area (Å²) in [7, 11) is 0. The van der Waals surface area contributed by atoms with Gasteiger partial charge >= 0.3 is 5.97 Å². The molecule has 5 heteroatoms. The fourth-order valence-electron chi connectivity index (χ4n) is 3.80. The number of fused-ring (bicyclic) bond motifs is 1. The third-order valence-corrected chi connectivity index (χ3v) is 5.37. The van der Waals surface area contributed by atoms with Crippen LogP contribution < -0.4 is 4.74 Å². The first-order chi connectivity index (χ1) is 11.9. The molecule has 1 saturated carbocycles. The molecule has 1 heterocycles. The third-order valence-electron chi connectivity index (χ3n) is 5.37. The lowest BCUT2D eigenvalue weighted by Crippen LogP contribution is -2.45. The predicted molar refractivity (Wildman–Crippen MR) is 92.9 cm³/mol. The Labute approximate surface area is 148 Å². The van der Waals surface area contributed by atoms with Crippen molar-refractivity contribution in [2.45, 2.75) is 58.4 Å². The van der Waals surface area contributed by atoms with E-state index in [-0.39, 0.29) is 23.7 Å². The number of rotatable bonds is 4. The third kappa shape index (κ3) is 3.32. The van der Waals surface area contributed by atoms with Crippen molar-refractivity contribution < 1.29 is 19.1 Å². The van der Waals surface area contributed by atoms with Crippen LogP contribution in [0, 0.1) is 11.8 Å². The second-order valence-electron chi connectivity index (χ2n) is 7.36. The van der Waals surface area contributed by atoms with Crippen LogP contribution in [-0.4, -0.2) is 28.7 Å². The van der Waals surface area contributed by atoms with Gasteiger partial charge in [0.1, 0.15) is 11.8 Å². The van der Waals surface area contributed by atoms with Gasteiger partial charge in [-0.2, -0.15) is 0 Å². The summed E-state index contributed by atoms with van der Waals surface area (Å²) < 4.78 is 5.39. The van der Waals surface area contributed by atoms with E-state index in [1.165, 1.54) is 0 Å². The minimum atomic E-state index is -0.893. The van der Waals surface area contributed by atoms with Crippen LogP contribution in [0.15, 0.2) is 24.3 Å². The molecule has 1 saturated heterocycles. The van der Waals surface area contributed by atoms with E-state index in [1.54, 1.807) is 19.1 Å². The number of carbonyl (C=O) groups is 3. The maximum atomic E-state index is 12.6. The van der Waals surface area contributed by atoms with Crippen LogP contribution in [0.2, 0.25) is 0 Å². The van der Waals surface area contributed by atoms with Crippen molar-refractivity contribution >= 4 is 17.8 Å². The molecule has 2 amide bonds. The van der Waals surface area contributed by atoms with Gasteiger partial charge in [-0.1, -0.05) is 38.8 Å². The molecule has 3 rings (SSSR count). The lowest BCUT2D eigenvalue weighted by molar-refractivity contribution is -0.152. The molecule has 134 valence electrons. The molecule has 0 bridgehead atoms. The lowest BCUT2D eigenvalue weighted by Gasteiger charge is -2.21. The highest BCUT2D eigenvalue weighted by molar-refractivity contribution is 6.07. The normalized spacial score (nSPS) is 24.4. The maximum Gasteiger partial charge on any atom is 0.334 e. The van der Waals surface area contributed by atoms with Crippen LogP contribution >= 0.6 is 0 Å². The van der Waals surface area contributed by atoms with Crippen molar-refractivity contribution in [2.75, 3.05) is 0 Å². The first-order valence-electron chi connectivity index (χ1n) is 9.08. The number of amides is 2. The number of hydrogen-bond donors (Lipinski definition) is 0. The van der Waals surface area contributed by atoms with Crippen molar-refractivity contribution in [3.8, 4) is 5.75 Å². The zero-order valence-corrected chi connectivity index (χ0v) is 15.0. The van der Waals surface area contributed by atoms with Gasteiger partial charge in [-0.15, -0.1) is 0 Å². The van der Waals surface area contributed by atoms with Crippen LogP contribution in [0.4, 0.5) is 0 Å². The van der Waals surface area contributed by atoms with Crippen molar-refractivity contribution in [3.63, 3.8) is 0 Å². The van der Waals surface area contributed by atoms with Crippen LogP contribution in [0.3, 0.4) is 0 Å². The van der Waals surface area contributed by atoms with E-state index in [0.29, 0.717) is 11.7 Å². The molecule has 0 radical (unpaired) electrons. The number of hydrogen-bond acceptors (Lipinski definition) is 4. The van der Waals surface area contributed by atoms with E-state index in [4.69, 9.17) is 4.74 Å². The summed E-state index contributed by atoms with van der Waals surface area (Å²) in [4.78, 5) is 38.7. The summed E-state index contributed by atoms with van der Waals surface area (Å²) in [5.74, 6) is -0.672. The number of carbonyl (C=O) groups excluding carboxylic acids is 3. The summed E-state index contributed by atoms with van der Waals surface area (Å²) in [6.45, 7) is 5.75. The monoisotopic (exact) mass is 343 g/mol. The smallest absolute Gasteiger partial charge is 0.334 e. The second kappa shape index (κ2) is 6.98. The minimum absolute atomic E-state index is 0.214. The molecule has 0 aromatic heterocycles. The van der Waals surface area contributed by atoms with Gasteiger partial charge in [-0.3, -0.25) is 14.5 Å². The number of esters is 1. The van der Waals surface area contributed by atoms with E-state index < -0.39 is 12.0 Å². The van der Waals surface area contributed by atoms with Gasteiger partial charge in [0.05, 0.1) is 11.8 Å². The summed E-state index contributed by atoms with van der Waals surface area (Å²) in [5.41, 5.74) is 1.15. The number of benzene rings is 1. The summed E-state index contributed by atoms with van der Waals surface area (Å²) in [6.07, 6.45) is 3.42. The molecule has 0 spiro atoms. The highest BCUT2D eigenvalue weighted by atomic mass is 16.5. The van der Waals surface area contributed by atoms with Gasteiger partial charge in [-0.05, 0) is 43.4 Å². The molecule has 3 atom stereocenters. The number of likely N-dealkylation sites (tertiary alicyclic amines) is 1. The Morgan fingerprint density at radius 3 is 2.00 bits per heavy atom. The van der Waals surface area contributed by atoms with Crippen LogP contribution in [-0.2, 0) is 14.4 Å². The van der Waals surface area contributed by atoms with E-state index >= 15 is 0 Å². The van der Waals surface area contributed by atoms with Crippen molar-refractivity contribution in [3.05, 3.63) is 29.8 Å². The summed E-state index contributed by atoms with van der Waals surface area (Å²) in [5, 5.41) is 0. The van der Waals surface area contributed by atoms with Gasteiger partial charge in [0.2, 0.25) is 11.8 Å². The topological polar surface area (TPSA) is 63.7 Å². The summed E-state index contributed by atoms with van der Waals surface area (Å²) >= 11 is 0. The SMILES string of the molecule is CC(C)c1ccc(OC(=O)C(C)N2C(=O)C3CCCCC3C2=O)cc1. The quantitative estimate of drug-likeness (QED) is 0.478. The molecule has 1 aromatic rings. The van der Waals surface area contributed by atoms with Crippen LogP contribution in [0.5, 0.6) is 5.75 Å². The maximum absolute atomic E-state index is 12.6. The fraction of sp³-hybridized carbons (Fsp3) is 0.550. The Morgan fingerprint density at radius 2 is 1.52 bits per heavy atom. The van der Waals surface area contributed by atoms with Crippen molar-refractivity contribution in [2.24, 2.45) is 11.8 Å². The first kappa shape index (κ1) is 17.6. The Balaban J connectivity index is 1.69. The second-order valence-corrected chi connectivity index (χ2v) is 7.36. The average Bonchev–Trinajstić information content (AvgIpc) is 2.86. The van der Waals surface area contributed by atoms with E-state index in [2.05, 4.69) is 13.8 Å². The highest BCUT2D eigenvalue weighted by Crippen LogP contribution is 2.39. The largest absolute Gasteiger partial charge is 0.425 e. The average molecular weight is 343 g/mol. The molecule has 2 fully saturated rings. The molecule has 25 heavy (non-hydrogen) atoms. The van der Waals surface area contributed by atoms with Gasteiger partial charge in [0.15, 0.2) is 0 Å². The highest BCUT2D eigenvalue weighted by Gasteiger charge is 2.51. The Bertz CT molecular complexity index is 655. The molecule has 1 aliphatic heterocycles. The number of imide groups is 1. The minimum Gasteiger partial charge on any atom is -0.425 e. The molecule has 1 aliphatic carbocycles.